The van der Waals surface area contributed by atoms with Gasteiger partial charge in [0.1, 0.15) is 11.2 Å². The van der Waals surface area contributed by atoms with Crippen LogP contribution in [0.3, 0.4) is 0 Å². The third kappa shape index (κ3) is 3.49. The Morgan fingerprint density at radius 2 is 1.34 bits per heavy atom. The van der Waals surface area contributed by atoms with Gasteiger partial charge < -0.3 is 13.7 Å². The number of rotatable bonds is 3. The molecule has 5 nitrogen and oxygen atoms in total. The van der Waals surface area contributed by atoms with E-state index in [4.69, 9.17) is 8.83 Å². The van der Waals surface area contributed by atoms with Crippen LogP contribution in [0.2, 0.25) is 0 Å². The molecule has 6 aromatic rings. The van der Waals surface area contributed by atoms with Gasteiger partial charge in [0.25, 0.3) is 0 Å². The maximum absolute atomic E-state index is 13.1. The highest BCUT2D eigenvalue weighted by Gasteiger charge is 2.17. The molecular formula is C30H21NO4. The lowest BCUT2D eigenvalue weighted by molar-refractivity contribution is 0.556. The van der Waals surface area contributed by atoms with Crippen molar-refractivity contribution in [2.75, 3.05) is 19.0 Å². The van der Waals surface area contributed by atoms with Crippen molar-refractivity contribution < 1.29 is 8.83 Å². The molecule has 0 bridgehead atoms. The predicted octanol–water partition coefficient (Wildman–Crippen LogP) is 6.45. The molecule has 0 aliphatic rings. The summed E-state index contributed by atoms with van der Waals surface area (Å²) >= 11 is 0. The van der Waals surface area contributed by atoms with Crippen LogP contribution in [0, 0.1) is 0 Å². The van der Waals surface area contributed by atoms with Crippen molar-refractivity contribution >= 4 is 38.4 Å². The second kappa shape index (κ2) is 7.99. The summed E-state index contributed by atoms with van der Waals surface area (Å²) in [7, 11) is 3.86. The van der Waals surface area contributed by atoms with Crippen LogP contribution < -0.4 is 16.2 Å². The maximum atomic E-state index is 13.1. The first-order valence-corrected chi connectivity index (χ1v) is 11.3. The monoisotopic (exact) mass is 459 g/mol. The molecule has 0 fully saturated rings. The number of hydrogen-bond acceptors (Lipinski definition) is 5. The average molecular weight is 460 g/mol. The van der Waals surface area contributed by atoms with E-state index in [0.717, 1.165) is 38.4 Å². The van der Waals surface area contributed by atoms with Gasteiger partial charge in [0.2, 0.25) is 0 Å². The topological polar surface area (TPSA) is 63.7 Å². The second-order valence-corrected chi connectivity index (χ2v) is 8.75. The van der Waals surface area contributed by atoms with Gasteiger partial charge in [0.05, 0.1) is 5.56 Å². The van der Waals surface area contributed by atoms with Crippen LogP contribution in [-0.2, 0) is 0 Å². The Labute approximate surface area is 200 Å². The summed E-state index contributed by atoms with van der Waals surface area (Å²) in [6, 6.07) is 28.6. The van der Waals surface area contributed by atoms with Crippen molar-refractivity contribution in [3.05, 3.63) is 112 Å². The van der Waals surface area contributed by atoms with Gasteiger partial charge in [-0.15, -0.1) is 0 Å². The molecule has 6 rings (SSSR count). The van der Waals surface area contributed by atoms with Gasteiger partial charge in [-0.3, -0.25) is 0 Å². The van der Waals surface area contributed by atoms with E-state index in [2.05, 4.69) is 0 Å². The molecule has 0 unspecified atom stereocenters. The summed E-state index contributed by atoms with van der Waals surface area (Å²) in [6.07, 6.45) is 0. The molecule has 0 aliphatic carbocycles. The van der Waals surface area contributed by atoms with E-state index in [9.17, 15) is 9.59 Å². The highest BCUT2D eigenvalue weighted by molar-refractivity contribution is 6.07. The number of hydrogen-bond donors (Lipinski definition) is 0. The van der Waals surface area contributed by atoms with Crippen molar-refractivity contribution in [2.24, 2.45) is 0 Å². The number of benzene rings is 4. The number of fused-ring (bicyclic) bond motifs is 3. The van der Waals surface area contributed by atoms with Crippen LogP contribution in [-0.4, -0.2) is 14.1 Å². The summed E-state index contributed by atoms with van der Waals surface area (Å²) in [5, 5.41) is 3.65. The number of nitrogens with zero attached hydrogens (tertiary/aromatic N) is 1. The fraction of sp³-hybridized carbons (Fsp3) is 0.0667. The molecule has 170 valence electrons. The van der Waals surface area contributed by atoms with Crippen molar-refractivity contribution in [3.8, 4) is 22.3 Å². The molecule has 2 heterocycles. The Bertz CT molecular complexity index is 1870. The molecule has 4 aromatic carbocycles. The zero-order valence-corrected chi connectivity index (χ0v) is 19.2. The van der Waals surface area contributed by atoms with Crippen LogP contribution in [0.4, 0.5) is 5.69 Å². The molecule has 0 radical (unpaired) electrons. The summed E-state index contributed by atoms with van der Waals surface area (Å²) in [5.41, 5.74) is 3.39. The minimum Gasteiger partial charge on any atom is -0.422 e. The maximum Gasteiger partial charge on any atom is 0.344 e. The van der Waals surface area contributed by atoms with Crippen molar-refractivity contribution in [2.45, 2.75) is 0 Å². The van der Waals surface area contributed by atoms with Crippen LogP contribution in [0.1, 0.15) is 0 Å². The first kappa shape index (κ1) is 20.9. The summed E-state index contributed by atoms with van der Waals surface area (Å²) < 4.78 is 11.4. The largest absolute Gasteiger partial charge is 0.422 e. The van der Waals surface area contributed by atoms with Crippen molar-refractivity contribution in [3.63, 3.8) is 0 Å². The summed E-state index contributed by atoms with van der Waals surface area (Å²) in [4.78, 5) is 27.7. The standard InChI is InChI=1S/C30H21NO4/c1-31(2)20-14-13-19-15-26(30(33)34-27(19)16-20)24-12-6-11-23-25(17-28(32)35-29(23)24)22-10-5-8-18-7-3-4-9-21(18)22/h3-17H,1-2H3. The molecule has 0 aliphatic heterocycles. The van der Waals surface area contributed by atoms with Crippen LogP contribution >= 0.6 is 0 Å². The van der Waals surface area contributed by atoms with E-state index < -0.39 is 11.3 Å². The van der Waals surface area contributed by atoms with E-state index >= 15 is 0 Å². The molecule has 0 spiro atoms. The van der Waals surface area contributed by atoms with E-state index in [1.54, 1.807) is 12.1 Å². The Morgan fingerprint density at radius 3 is 2.20 bits per heavy atom. The molecule has 0 saturated heterocycles. The molecule has 0 N–H and O–H groups in total. The van der Waals surface area contributed by atoms with Crippen molar-refractivity contribution in [1.29, 1.82) is 0 Å². The lowest BCUT2D eigenvalue weighted by atomic mass is 9.94. The lowest BCUT2D eigenvalue weighted by Crippen LogP contribution is -2.09. The second-order valence-electron chi connectivity index (χ2n) is 8.75. The van der Waals surface area contributed by atoms with Crippen molar-refractivity contribution in [1.82, 2.24) is 0 Å². The van der Waals surface area contributed by atoms with Gasteiger partial charge in [0.15, 0.2) is 0 Å². The van der Waals surface area contributed by atoms with Gasteiger partial charge in [-0.25, -0.2) is 9.59 Å². The number of para-hydroxylation sites is 1. The third-order valence-electron chi connectivity index (χ3n) is 6.38. The lowest BCUT2D eigenvalue weighted by Gasteiger charge is -2.13. The van der Waals surface area contributed by atoms with Crippen LogP contribution in [0.15, 0.2) is 109 Å². The number of anilines is 1. The molecular weight excluding hydrogens is 438 g/mol. The zero-order valence-electron chi connectivity index (χ0n) is 19.2. The fourth-order valence-electron chi connectivity index (χ4n) is 4.65. The van der Waals surface area contributed by atoms with Gasteiger partial charge in [-0.05, 0) is 34.5 Å². The molecule has 35 heavy (non-hydrogen) atoms. The molecule has 5 heteroatoms. The van der Waals surface area contributed by atoms with Gasteiger partial charge in [-0.1, -0.05) is 60.7 Å². The van der Waals surface area contributed by atoms with Crippen LogP contribution in [0.25, 0.3) is 55.0 Å². The Hall–Kier alpha value is -4.64. The molecule has 0 atom stereocenters. The Kier molecular flexibility index (Phi) is 4.78. The third-order valence-corrected chi connectivity index (χ3v) is 6.38. The predicted molar refractivity (Wildman–Crippen MR) is 141 cm³/mol. The Balaban J connectivity index is 1.63. The summed E-state index contributed by atoms with van der Waals surface area (Å²) in [6.45, 7) is 0. The first-order valence-electron chi connectivity index (χ1n) is 11.3. The first-order chi connectivity index (χ1) is 17.0. The van der Waals surface area contributed by atoms with Gasteiger partial charge in [-0.2, -0.15) is 0 Å². The highest BCUT2D eigenvalue weighted by atomic mass is 16.4. The minimum absolute atomic E-state index is 0.346. The quantitative estimate of drug-likeness (QED) is 0.285. The van der Waals surface area contributed by atoms with E-state index in [1.165, 1.54) is 6.07 Å². The zero-order chi connectivity index (χ0) is 24.1. The highest BCUT2D eigenvalue weighted by Crippen LogP contribution is 2.36. The van der Waals surface area contributed by atoms with Crippen LogP contribution in [0.5, 0.6) is 0 Å². The minimum atomic E-state index is -0.487. The normalized spacial score (nSPS) is 11.4. The summed E-state index contributed by atoms with van der Waals surface area (Å²) in [5.74, 6) is 0. The fourth-order valence-corrected chi connectivity index (χ4v) is 4.65. The van der Waals surface area contributed by atoms with E-state index in [1.807, 2.05) is 91.8 Å². The average Bonchev–Trinajstić information content (AvgIpc) is 2.87. The smallest absolute Gasteiger partial charge is 0.344 e. The van der Waals surface area contributed by atoms with Gasteiger partial charge in [0, 0.05) is 53.8 Å². The Morgan fingerprint density at radius 1 is 0.600 bits per heavy atom. The SMILES string of the molecule is CN(C)c1ccc2cc(-c3cccc4c(-c5cccc6ccccc56)cc(=O)oc34)c(=O)oc2c1. The van der Waals surface area contributed by atoms with E-state index in [-0.39, 0.29) is 0 Å². The molecule has 0 amide bonds. The van der Waals surface area contributed by atoms with Gasteiger partial charge >= 0.3 is 11.3 Å². The molecule has 2 aromatic heterocycles. The van der Waals surface area contributed by atoms with E-state index in [0.29, 0.717) is 22.3 Å². The molecule has 0 saturated carbocycles.